The molecule has 0 fully saturated rings. The van der Waals surface area contributed by atoms with E-state index in [4.69, 9.17) is 27.9 Å². The molecule has 1 aliphatic heterocycles. The third-order valence-electron chi connectivity index (χ3n) is 1.72. The Morgan fingerprint density at radius 3 is 3.00 bits per heavy atom. The predicted molar refractivity (Wildman–Crippen MR) is 48.6 cm³/mol. The van der Waals surface area contributed by atoms with Gasteiger partial charge in [-0.2, -0.15) is 0 Å². The highest BCUT2D eigenvalue weighted by Crippen LogP contribution is 2.18. The summed E-state index contributed by atoms with van der Waals surface area (Å²) < 4.78 is 5.28. The summed E-state index contributed by atoms with van der Waals surface area (Å²) in [5.74, 6) is 0.963. The molecular weight excluding hydrogens is 199 g/mol. The van der Waals surface area contributed by atoms with E-state index in [0.717, 1.165) is 6.42 Å². The highest BCUT2D eigenvalue weighted by Gasteiger charge is 2.22. The van der Waals surface area contributed by atoms with E-state index in [2.05, 4.69) is 0 Å². The van der Waals surface area contributed by atoms with Crippen LogP contribution in [0.4, 0.5) is 0 Å². The molecule has 0 aromatic heterocycles. The molecule has 0 spiro atoms. The second-order valence-corrected chi connectivity index (χ2v) is 3.12. The van der Waals surface area contributed by atoms with Crippen molar-refractivity contribution in [2.75, 3.05) is 11.8 Å². The van der Waals surface area contributed by atoms with Gasteiger partial charge in [-0.25, -0.2) is 0 Å². The molecule has 0 bridgehead atoms. The molecule has 0 saturated heterocycles. The minimum atomic E-state index is -0.374. The predicted octanol–water partition coefficient (Wildman–Crippen LogP) is 2.10. The van der Waals surface area contributed by atoms with E-state index in [1.165, 1.54) is 0 Å². The molecule has 1 heterocycles. The third kappa shape index (κ3) is 2.39. The van der Waals surface area contributed by atoms with Crippen molar-refractivity contribution in [1.82, 2.24) is 0 Å². The Hall–Kier alpha value is -0.210. The summed E-state index contributed by atoms with van der Waals surface area (Å²) in [6.07, 6.45) is 3.09. The molecule has 0 radical (unpaired) electrons. The minimum absolute atomic E-state index is 0.0141. The molecule has 0 N–H and O–H groups in total. The second kappa shape index (κ2) is 4.73. The van der Waals surface area contributed by atoms with Crippen molar-refractivity contribution in [2.45, 2.75) is 18.9 Å². The van der Waals surface area contributed by atoms with Crippen LogP contribution in [-0.4, -0.2) is 23.6 Å². The van der Waals surface area contributed by atoms with Crippen molar-refractivity contribution in [3.05, 3.63) is 11.8 Å². The molecule has 1 atom stereocenters. The van der Waals surface area contributed by atoms with Crippen LogP contribution in [0.1, 0.15) is 12.8 Å². The summed E-state index contributed by atoms with van der Waals surface area (Å²) in [6.45, 7) is 0. The van der Waals surface area contributed by atoms with Crippen LogP contribution in [-0.2, 0) is 9.53 Å². The second-order valence-electron chi connectivity index (χ2n) is 2.59. The normalized spacial score (nSPS) is 22.8. The van der Waals surface area contributed by atoms with Gasteiger partial charge < -0.3 is 4.74 Å². The van der Waals surface area contributed by atoms with E-state index in [1.54, 1.807) is 0 Å². The summed E-state index contributed by atoms with van der Waals surface area (Å²) in [5.41, 5.74) is 0. The molecule has 1 aliphatic rings. The summed E-state index contributed by atoms with van der Waals surface area (Å²) >= 11 is 11.0. The summed E-state index contributed by atoms with van der Waals surface area (Å²) in [5, 5.41) is 0. The maximum Gasteiger partial charge on any atom is 0.187 e. The number of alkyl halides is 2. The van der Waals surface area contributed by atoms with Gasteiger partial charge >= 0.3 is 0 Å². The lowest BCUT2D eigenvalue weighted by Crippen LogP contribution is -2.27. The lowest BCUT2D eigenvalue weighted by atomic mass is 10.1. The quantitative estimate of drug-likeness (QED) is 0.665. The van der Waals surface area contributed by atoms with Gasteiger partial charge in [0.1, 0.15) is 5.76 Å². The molecule has 12 heavy (non-hydrogen) atoms. The molecule has 0 saturated carbocycles. The Balaban J connectivity index is 2.51. The van der Waals surface area contributed by atoms with Crippen molar-refractivity contribution in [1.29, 1.82) is 0 Å². The molecular formula is C8H10Cl2O2. The number of allylic oxidation sites excluding steroid dienone is 2. The van der Waals surface area contributed by atoms with Crippen LogP contribution >= 0.6 is 23.2 Å². The Bertz CT molecular complexity index is 201. The number of carbonyl (C=O) groups excluding carboxylic acids is 1. The highest BCUT2D eigenvalue weighted by atomic mass is 35.5. The van der Waals surface area contributed by atoms with Crippen LogP contribution in [0.25, 0.3) is 0 Å². The van der Waals surface area contributed by atoms with Crippen LogP contribution in [0.3, 0.4) is 0 Å². The first-order chi connectivity index (χ1) is 5.77. The average molecular weight is 209 g/mol. The molecule has 0 aromatic carbocycles. The van der Waals surface area contributed by atoms with E-state index in [1.807, 2.05) is 6.08 Å². The van der Waals surface area contributed by atoms with Crippen LogP contribution in [0, 0.1) is 0 Å². The Kier molecular flexibility index (Phi) is 3.89. The van der Waals surface area contributed by atoms with Crippen molar-refractivity contribution >= 4 is 29.0 Å². The van der Waals surface area contributed by atoms with Gasteiger partial charge in [-0.1, -0.05) is 0 Å². The van der Waals surface area contributed by atoms with Crippen molar-refractivity contribution < 1.29 is 9.53 Å². The maximum atomic E-state index is 11.1. The van der Waals surface area contributed by atoms with Crippen LogP contribution in [0.5, 0.6) is 0 Å². The van der Waals surface area contributed by atoms with Crippen molar-refractivity contribution in [2.24, 2.45) is 0 Å². The van der Waals surface area contributed by atoms with Gasteiger partial charge in [-0.05, 0) is 18.9 Å². The zero-order chi connectivity index (χ0) is 8.97. The number of Topliss-reactive ketones (excluding diaryl/α,β-unsaturated/α-hetero) is 1. The van der Waals surface area contributed by atoms with E-state index in [0.29, 0.717) is 18.1 Å². The van der Waals surface area contributed by atoms with Gasteiger partial charge in [0.05, 0.1) is 11.8 Å². The lowest BCUT2D eigenvalue weighted by Gasteiger charge is -2.21. The fourth-order valence-corrected chi connectivity index (χ4v) is 1.43. The van der Waals surface area contributed by atoms with Gasteiger partial charge in [0.25, 0.3) is 0 Å². The first-order valence-corrected chi connectivity index (χ1v) is 4.85. The third-order valence-corrected chi connectivity index (χ3v) is 2.24. The lowest BCUT2D eigenvalue weighted by molar-refractivity contribution is -0.126. The smallest absolute Gasteiger partial charge is 0.187 e. The summed E-state index contributed by atoms with van der Waals surface area (Å²) in [4.78, 5) is 11.1. The van der Waals surface area contributed by atoms with Crippen LogP contribution in [0.2, 0.25) is 0 Å². The van der Waals surface area contributed by atoms with Crippen molar-refractivity contribution in [3.63, 3.8) is 0 Å². The highest BCUT2D eigenvalue weighted by molar-refractivity contribution is 6.28. The number of ether oxygens (including phenoxy) is 1. The Morgan fingerprint density at radius 1 is 1.67 bits per heavy atom. The average Bonchev–Trinajstić information content (AvgIpc) is 2.17. The molecule has 0 amide bonds. The molecule has 1 rings (SSSR count). The van der Waals surface area contributed by atoms with E-state index < -0.39 is 0 Å². The monoisotopic (exact) mass is 208 g/mol. The fourth-order valence-electron chi connectivity index (χ4n) is 1.08. The Labute approximate surface area is 81.5 Å². The zero-order valence-corrected chi connectivity index (χ0v) is 8.07. The number of carbonyl (C=O) groups is 1. The molecule has 1 unspecified atom stereocenters. The zero-order valence-electron chi connectivity index (χ0n) is 6.56. The van der Waals surface area contributed by atoms with Crippen LogP contribution in [0.15, 0.2) is 11.8 Å². The number of rotatable bonds is 3. The first-order valence-electron chi connectivity index (χ1n) is 3.78. The largest absolute Gasteiger partial charge is 0.486 e. The molecule has 0 aromatic rings. The first kappa shape index (κ1) is 9.87. The number of hydrogen-bond donors (Lipinski definition) is 0. The maximum absolute atomic E-state index is 11.1. The van der Waals surface area contributed by atoms with Gasteiger partial charge in [-0.3, -0.25) is 4.79 Å². The van der Waals surface area contributed by atoms with Gasteiger partial charge in [0.2, 0.25) is 0 Å². The van der Waals surface area contributed by atoms with E-state index in [-0.39, 0.29) is 17.8 Å². The molecule has 4 heteroatoms. The Morgan fingerprint density at radius 2 is 2.42 bits per heavy atom. The van der Waals surface area contributed by atoms with Gasteiger partial charge in [0, 0.05) is 0 Å². The number of ketones is 1. The van der Waals surface area contributed by atoms with Crippen molar-refractivity contribution in [3.8, 4) is 0 Å². The summed E-state index contributed by atoms with van der Waals surface area (Å²) in [6, 6.07) is 0. The standard InChI is InChI=1S/C8H10Cl2O2/c9-4-6-2-1-3-8(12-6)7(11)5-10/h2,8H,1,3-5H2. The summed E-state index contributed by atoms with van der Waals surface area (Å²) in [7, 11) is 0. The molecule has 68 valence electrons. The van der Waals surface area contributed by atoms with Gasteiger partial charge in [-0.15, -0.1) is 23.2 Å². The molecule has 2 nitrogen and oxygen atoms in total. The fraction of sp³-hybridized carbons (Fsp3) is 0.625. The van der Waals surface area contributed by atoms with E-state index in [9.17, 15) is 4.79 Å². The topological polar surface area (TPSA) is 26.3 Å². The SMILES string of the molecule is O=C(CCl)C1CCC=C(CCl)O1. The van der Waals surface area contributed by atoms with Gasteiger partial charge in [0.15, 0.2) is 11.9 Å². The van der Waals surface area contributed by atoms with E-state index >= 15 is 0 Å². The minimum Gasteiger partial charge on any atom is -0.486 e. The number of halogens is 2. The molecule has 0 aliphatic carbocycles. The number of hydrogen-bond acceptors (Lipinski definition) is 2. The van der Waals surface area contributed by atoms with Crippen LogP contribution < -0.4 is 0 Å².